The largest absolute Gasteiger partial charge is 0.313 e. The summed E-state index contributed by atoms with van der Waals surface area (Å²) in [4.78, 5) is 1.40. The molecule has 0 spiro atoms. The third-order valence-corrected chi connectivity index (χ3v) is 4.46. The second-order valence-corrected chi connectivity index (χ2v) is 6.00. The molecule has 1 atom stereocenters. The van der Waals surface area contributed by atoms with Gasteiger partial charge in [-0.05, 0) is 55.1 Å². The summed E-state index contributed by atoms with van der Waals surface area (Å²) in [5.41, 5.74) is 1.07. The third kappa shape index (κ3) is 3.48. The highest BCUT2D eigenvalue weighted by Crippen LogP contribution is 2.29. The van der Waals surface area contributed by atoms with E-state index in [-0.39, 0.29) is 6.04 Å². The number of thiophene rings is 1. The van der Waals surface area contributed by atoms with Crippen LogP contribution in [0.1, 0.15) is 22.9 Å². The summed E-state index contributed by atoms with van der Waals surface area (Å²) >= 11 is 14.1. The van der Waals surface area contributed by atoms with Crippen molar-refractivity contribution in [3.05, 3.63) is 56.2 Å². The first-order valence-corrected chi connectivity index (χ1v) is 7.49. The Morgan fingerprint density at radius 3 is 2.78 bits per heavy atom. The van der Waals surface area contributed by atoms with Crippen molar-refractivity contribution in [2.75, 3.05) is 7.05 Å². The summed E-state index contributed by atoms with van der Waals surface area (Å²) < 4.78 is 0. The fraction of sp³-hybridized carbons (Fsp3) is 0.286. The van der Waals surface area contributed by atoms with Crippen LogP contribution < -0.4 is 5.32 Å². The van der Waals surface area contributed by atoms with E-state index < -0.39 is 0 Å². The predicted octanol–water partition coefficient (Wildman–Crippen LogP) is 4.95. The summed E-state index contributed by atoms with van der Waals surface area (Å²) in [6.45, 7) is 0. The van der Waals surface area contributed by atoms with Crippen molar-refractivity contribution in [2.45, 2.75) is 18.9 Å². The molecule has 18 heavy (non-hydrogen) atoms. The van der Waals surface area contributed by atoms with Gasteiger partial charge in [0, 0.05) is 21.0 Å². The van der Waals surface area contributed by atoms with Crippen LogP contribution in [0.2, 0.25) is 10.0 Å². The second kappa shape index (κ2) is 6.58. The Morgan fingerprint density at radius 2 is 2.11 bits per heavy atom. The van der Waals surface area contributed by atoms with Crippen LogP contribution in [0.25, 0.3) is 0 Å². The Labute approximate surface area is 122 Å². The average Bonchev–Trinajstić information content (AvgIpc) is 2.87. The highest BCUT2D eigenvalue weighted by molar-refractivity contribution is 7.09. The van der Waals surface area contributed by atoms with Crippen LogP contribution >= 0.6 is 34.5 Å². The molecule has 0 fully saturated rings. The summed E-state index contributed by atoms with van der Waals surface area (Å²) in [7, 11) is 1.95. The number of benzene rings is 1. The zero-order chi connectivity index (χ0) is 13.0. The van der Waals surface area contributed by atoms with E-state index in [1.165, 1.54) is 4.88 Å². The molecule has 1 N–H and O–H groups in total. The first kappa shape index (κ1) is 13.9. The van der Waals surface area contributed by atoms with E-state index in [4.69, 9.17) is 23.2 Å². The lowest BCUT2D eigenvalue weighted by Crippen LogP contribution is -2.17. The van der Waals surface area contributed by atoms with Gasteiger partial charge >= 0.3 is 0 Å². The Bertz CT molecular complexity index is 497. The number of aryl methyl sites for hydroxylation is 1. The molecule has 1 heterocycles. The van der Waals surface area contributed by atoms with Crippen molar-refractivity contribution >= 4 is 34.5 Å². The number of rotatable bonds is 5. The van der Waals surface area contributed by atoms with Crippen molar-refractivity contribution in [1.82, 2.24) is 5.32 Å². The molecule has 1 aromatic heterocycles. The fourth-order valence-corrected chi connectivity index (χ4v) is 3.13. The molecule has 0 amide bonds. The Kier molecular flexibility index (Phi) is 5.07. The predicted molar refractivity (Wildman–Crippen MR) is 80.9 cm³/mol. The first-order valence-electron chi connectivity index (χ1n) is 5.85. The van der Waals surface area contributed by atoms with Gasteiger partial charge in [0.1, 0.15) is 0 Å². The lowest BCUT2D eigenvalue weighted by atomic mass is 10.0. The van der Waals surface area contributed by atoms with E-state index in [2.05, 4.69) is 22.8 Å². The fourth-order valence-electron chi connectivity index (χ4n) is 1.98. The van der Waals surface area contributed by atoms with Crippen LogP contribution in [0.4, 0.5) is 0 Å². The summed E-state index contributed by atoms with van der Waals surface area (Å²) in [6, 6.07) is 10.1. The zero-order valence-corrected chi connectivity index (χ0v) is 12.4. The smallest absolute Gasteiger partial charge is 0.0454 e. The van der Waals surface area contributed by atoms with Crippen LogP contribution in [0.5, 0.6) is 0 Å². The molecule has 1 unspecified atom stereocenters. The summed E-state index contributed by atoms with van der Waals surface area (Å²) in [5, 5.41) is 6.91. The van der Waals surface area contributed by atoms with Gasteiger partial charge in [0.25, 0.3) is 0 Å². The Balaban J connectivity index is 2.10. The van der Waals surface area contributed by atoms with Gasteiger partial charge in [-0.1, -0.05) is 29.3 Å². The highest BCUT2D eigenvalue weighted by Gasteiger charge is 2.13. The van der Waals surface area contributed by atoms with Crippen LogP contribution in [0.3, 0.4) is 0 Å². The van der Waals surface area contributed by atoms with Gasteiger partial charge in [0.05, 0.1) is 0 Å². The molecule has 0 saturated heterocycles. The number of hydrogen-bond donors (Lipinski definition) is 1. The zero-order valence-electron chi connectivity index (χ0n) is 10.1. The summed E-state index contributed by atoms with van der Waals surface area (Å²) in [6.07, 6.45) is 2.06. The van der Waals surface area contributed by atoms with Crippen molar-refractivity contribution < 1.29 is 0 Å². The van der Waals surface area contributed by atoms with Crippen LogP contribution in [-0.2, 0) is 6.42 Å². The second-order valence-electron chi connectivity index (χ2n) is 4.13. The molecule has 96 valence electrons. The molecule has 0 bridgehead atoms. The van der Waals surface area contributed by atoms with Gasteiger partial charge in [-0.2, -0.15) is 0 Å². The van der Waals surface area contributed by atoms with E-state index >= 15 is 0 Å². The quantitative estimate of drug-likeness (QED) is 0.824. The van der Waals surface area contributed by atoms with Gasteiger partial charge in [-0.15, -0.1) is 11.3 Å². The standard InChI is InChI=1S/C14H15Cl2NS/c1-17-14(7-5-11-3-2-8-18-11)12-9-10(15)4-6-13(12)16/h2-4,6,8-9,14,17H,5,7H2,1H3. The van der Waals surface area contributed by atoms with E-state index in [0.29, 0.717) is 0 Å². The lowest BCUT2D eigenvalue weighted by molar-refractivity contribution is 0.551. The van der Waals surface area contributed by atoms with Crippen LogP contribution in [-0.4, -0.2) is 7.05 Å². The summed E-state index contributed by atoms with van der Waals surface area (Å²) in [5.74, 6) is 0. The molecule has 0 radical (unpaired) electrons. The van der Waals surface area contributed by atoms with E-state index in [9.17, 15) is 0 Å². The third-order valence-electron chi connectivity index (χ3n) is 2.94. The molecule has 0 aliphatic carbocycles. The Hall–Kier alpha value is -0.540. The first-order chi connectivity index (χ1) is 8.70. The minimum absolute atomic E-state index is 0.235. The monoisotopic (exact) mass is 299 g/mol. The molecule has 2 aromatic rings. The van der Waals surface area contributed by atoms with Gasteiger partial charge in [0.2, 0.25) is 0 Å². The molecular weight excluding hydrogens is 285 g/mol. The minimum Gasteiger partial charge on any atom is -0.313 e. The maximum atomic E-state index is 6.23. The Morgan fingerprint density at radius 1 is 1.28 bits per heavy atom. The number of hydrogen-bond acceptors (Lipinski definition) is 2. The molecule has 0 saturated carbocycles. The van der Waals surface area contributed by atoms with Gasteiger partial charge in [-0.25, -0.2) is 0 Å². The molecule has 1 aromatic carbocycles. The lowest BCUT2D eigenvalue weighted by Gasteiger charge is -2.18. The van der Waals surface area contributed by atoms with Crippen LogP contribution in [0.15, 0.2) is 35.7 Å². The molecule has 2 rings (SSSR count). The molecular formula is C14H15Cl2NS. The highest BCUT2D eigenvalue weighted by atomic mass is 35.5. The van der Waals surface area contributed by atoms with Gasteiger partial charge in [0.15, 0.2) is 0 Å². The number of halogens is 2. The number of nitrogens with one attached hydrogen (secondary N) is 1. The topological polar surface area (TPSA) is 12.0 Å². The average molecular weight is 300 g/mol. The van der Waals surface area contributed by atoms with Gasteiger partial charge in [-0.3, -0.25) is 0 Å². The maximum Gasteiger partial charge on any atom is 0.0454 e. The van der Waals surface area contributed by atoms with Crippen molar-refractivity contribution in [2.24, 2.45) is 0 Å². The molecule has 1 nitrogen and oxygen atoms in total. The van der Waals surface area contributed by atoms with E-state index in [0.717, 1.165) is 28.5 Å². The molecule has 0 aliphatic heterocycles. The SMILES string of the molecule is CNC(CCc1cccs1)c1cc(Cl)ccc1Cl. The van der Waals surface area contributed by atoms with Gasteiger partial charge < -0.3 is 5.32 Å². The van der Waals surface area contributed by atoms with E-state index in [1.54, 1.807) is 11.3 Å². The van der Waals surface area contributed by atoms with Crippen molar-refractivity contribution in [3.8, 4) is 0 Å². The van der Waals surface area contributed by atoms with Crippen molar-refractivity contribution in [1.29, 1.82) is 0 Å². The van der Waals surface area contributed by atoms with Crippen molar-refractivity contribution in [3.63, 3.8) is 0 Å². The minimum atomic E-state index is 0.235. The van der Waals surface area contributed by atoms with Crippen LogP contribution in [0, 0.1) is 0 Å². The molecule has 4 heteroatoms. The van der Waals surface area contributed by atoms with E-state index in [1.807, 2.05) is 25.2 Å². The normalized spacial score (nSPS) is 12.6. The maximum absolute atomic E-state index is 6.23. The molecule has 0 aliphatic rings.